The van der Waals surface area contributed by atoms with Gasteiger partial charge in [0.15, 0.2) is 15.8 Å². The Morgan fingerprint density at radius 1 is 1.20 bits per heavy atom. The van der Waals surface area contributed by atoms with Gasteiger partial charge in [0, 0.05) is 25.9 Å². The van der Waals surface area contributed by atoms with Crippen molar-refractivity contribution in [2.24, 2.45) is 4.99 Å². The molecule has 0 aliphatic carbocycles. The first-order valence-electron chi connectivity index (χ1n) is 8.63. The molecule has 0 spiro atoms. The molecule has 7 heteroatoms. The quantitative estimate of drug-likeness (QED) is 0.246. The summed E-state index contributed by atoms with van der Waals surface area (Å²) in [7, 11) is -1.35. The summed E-state index contributed by atoms with van der Waals surface area (Å²) in [4.78, 5) is 4.61. The standard InChI is InChI=1S/C18H31N3O2S.HI/c1-5-6-7-8-15(2)21-18(19-3)20-14-13-16-9-11-17(12-10-16)24(4,22)23;/h9-12,15H,5-8,13-14H2,1-4H3,(H2,19,20,21);1H. The van der Waals surface area contributed by atoms with Crippen LogP contribution in [0.1, 0.15) is 45.1 Å². The SMILES string of the molecule is CCCCCC(C)NC(=NC)NCCc1ccc(S(C)(=O)=O)cc1.I. The number of nitrogens with one attached hydrogen (secondary N) is 2. The van der Waals surface area contributed by atoms with E-state index in [1.165, 1.54) is 25.5 Å². The lowest BCUT2D eigenvalue weighted by atomic mass is 10.1. The van der Waals surface area contributed by atoms with Crippen molar-refractivity contribution in [3.8, 4) is 0 Å². The summed E-state index contributed by atoms with van der Waals surface area (Å²) in [6.07, 6.45) is 6.91. The number of aliphatic imine (C=N–C) groups is 1. The van der Waals surface area contributed by atoms with Gasteiger partial charge in [0.1, 0.15) is 0 Å². The van der Waals surface area contributed by atoms with E-state index >= 15 is 0 Å². The van der Waals surface area contributed by atoms with Crippen LogP contribution >= 0.6 is 24.0 Å². The molecule has 0 saturated heterocycles. The van der Waals surface area contributed by atoms with Crippen molar-refractivity contribution < 1.29 is 8.42 Å². The highest BCUT2D eigenvalue weighted by Crippen LogP contribution is 2.10. The van der Waals surface area contributed by atoms with Crippen LogP contribution in [0.3, 0.4) is 0 Å². The summed E-state index contributed by atoms with van der Waals surface area (Å²) in [6, 6.07) is 7.45. The largest absolute Gasteiger partial charge is 0.356 e. The summed E-state index contributed by atoms with van der Waals surface area (Å²) in [5.41, 5.74) is 1.10. The minimum Gasteiger partial charge on any atom is -0.356 e. The van der Waals surface area contributed by atoms with E-state index < -0.39 is 9.84 Å². The maximum atomic E-state index is 11.4. The molecule has 0 aliphatic heterocycles. The fourth-order valence-corrected chi connectivity index (χ4v) is 3.06. The second-order valence-corrected chi connectivity index (χ2v) is 8.22. The number of sulfone groups is 1. The Bertz CT molecular complexity index is 616. The fraction of sp³-hybridized carbons (Fsp3) is 0.611. The second kappa shape index (κ2) is 12.5. The molecule has 2 N–H and O–H groups in total. The minimum absolute atomic E-state index is 0. The van der Waals surface area contributed by atoms with E-state index in [0.29, 0.717) is 10.9 Å². The predicted molar refractivity (Wildman–Crippen MR) is 117 cm³/mol. The number of guanidine groups is 1. The lowest BCUT2D eigenvalue weighted by Gasteiger charge is -2.17. The summed E-state index contributed by atoms with van der Waals surface area (Å²) in [6.45, 7) is 5.13. The number of unbranched alkanes of at least 4 members (excludes halogenated alkanes) is 2. The normalized spacial score (nSPS) is 13.0. The second-order valence-electron chi connectivity index (χ2n) is 6.21. The number of rotatable bonds is 9. The Balaban J connectivity index is 0.00000576. The molecule has 1 rings (SSSR count). The van der Waals surface area contributed by atoms with Crippen LogP contribution in [-0.4, -0.2) is 40.3 Å². The number of hydrogen-bond donors (Lipinski definition) is 2. The molecule has 0 saturated carbocycles. The van der Waals surface area contributed by atoms with Gasteiger partial charge in [-0.15, -0.1) is 24.0 Å². The van der Waals surface area contributed by atoms with Crippen LogP contribution in [0.15, 0.2) is 34.2 Å². The Kier molecular flexibility index (Phi) is 12.1. The van der Waals surface area contributed by atoms with Gasteiger partial charge in [-0.1, -0.05) is 38.3 Å². The lowest BCUT2D eigenvalue weighted by molar-refractivity contribution is 0.547. The van der Waals surface area contributed by atoms with Crippen LogP contribution in [0, 0.1) is 0 Å². The molecule has 1 aromatic rings. The van der Waals surface area contributed by atoms with Gasteiger partial charge in [-0.25, -0.2) is 8.42 Å². The fourth-order valence-electron chi connectivity index (χ4n) is 2.43. The topological polar surface area (TPSA) is 70.6 Å². The Morgan fingerprint density at radius 2 is 1.84 bits per heavy atom. The molecule has 5 nitrogen and oxygen atoms in total. The van der Waals surface area contributed by atoms with Crippen molar-refractivity contribution in [2.75, 3.05) is 19.8 Å². The van der Waals surface area contributed by atoms with E-state index in [2.05, 4.69) is 29.5 Å². The first kappa shape index (κ1) is 24.2. The van der Waals surface area contributed by atoms with E-state index in [-0.39, 0.29) is 24.0 Å². The van der Waals surface area contributed by atoms with E-state index in [1.807, 2.05) is 12.1 Å². The van der Waals surface area contributed by atoms with Crippen molar-refractivity contribution >= 4 is 39.8 Å². The highest BCUT2D eigenvalue weighted by atomic mass is 127. The van der Waals surface area contributed by atoms with Crippen LogP contribution in [0.4, 0.5) is 0 Å². The zero-order valence-corrected chi connectivity index (χ0v) is 18.9. The predicted octanol–water partition coefficient (Wildman–Crippen LogP) is 3.38. The molecule has 25 heavy (non-hydrogen) atoms. The van der Waals surface area contributed by atoms with Crippen LogP contribution in [-0.2, 0) is 16.3 Å². The van der Waals surface area contributed by atoms with Crippen molar-refractivity contribution in [1.82, 2.24) is 10.6 Å². The third kappa shape index (κ3) is 10.0. The lowest BCUT2D eigenvalue weighted by Crippen LogP contribution is -2.42. The molecule has 0 radical (unpaired) electrons. The molecule has 0 bridgehead atoms. The molecule has 0 heterocycles. The number of halogens is 1. The van der Waals surface area contributed by atoms with Gasteiger partial charge < -0.3 is 10.6 Å². The van der Waals surface area contributed by atoms with E-state index in [1.54, 1.807) is 19.2 Å². The Hall–Kier alpha value is -0.830. The molecule has 0 aromatic heterocycles. The van der Waals surface area contributed by atoms with Gasteiger partial charge in [0.25, 0.3) is 0 Å². The molecule has 1 unspecified atom stereocenters. The molecular formula is C18H32IN3O2S. The molecule has 1 aromatic carbocycles. The maximum Gasteiger partial charge on any atom is 0.191 e. The average Bonchev–Trinajstić information content (AvgIpc) is 2.53. The van der Waals surface area contributed by atoms with Crippen LogP contribution in [0.2, 0.25) is 0 Å². The Morgan fingerprint density at radius 3 is 2.36 bits per heavy atom. The highest BCUT2D eigenvalue weighted by Gasteiger charge is 2.07. The van der Waals surface area contributed by atoms with Gasteiger partial charge >= 0.3 is 0 Å². The van der Waals surface area contributed by atoms with Crippen LogP contribution < -0.4 is 10.6 Å². The smallest absolute Gasteiger partial charge is 0.191 e. The van der Waals surface area contributed by atoms with Gasteiger partial charge in [0.05, 0.1) is 4.90 Å². The van der Waals surface area contributed by atoms with Gasteiger partial charge in [-0.2, -0.15) is 0 Å². The van der Waals surface area contributed by atoms with Crippen molar-refractivity contribution in [2.45, 2.75) is 56.9 Å². The summed E-state index contributed by atoms with van der Waals surface area (Å²) < 4.78 is 22.9. The minimum atomic E-state index is -3.13. The van der Waals surface area contributed by atoms with Crippen molar-refractivity contribution in [3.05, 3.63) is 29.8 Å². The van der Waals surface area contributed by atoms with Gasteiger partial charge in [-0.3, -0.25) is 4.99 Å². The van der Waals surface area contributed by atoms with Gasteiger partial charge in [0.2, 0.25) is 0 Å². The van der Waals surface area contributed by atoms with Crippen LogP contribution in [0.5, 0.6) is 0 Å². The maximum absolute atomic E-state index is 11.4. The van der Waals surface area contributed by atoms with E-state index in [4.69, 9.17) is 0 Å². The molecule has 0 aliphatic rings. The van der Waals surface area contributed by atoms with Crippen molar-refractivity contribution in [3.63, 3.8) is 0 Å². The average molecular weight is 481 g/mol. The Labute approximate surface area is 170 Å². The highest BCUT2D eigenvalue weighted by molar-refractivity contribution is 14.0. The zero-order valence-electron chi connectivity index (χ0n) is 15.7. The third-order valence-electron chi connectivity index (χ3n) is 3.91. The molecule has 1 atom stereocenters. The van der Waals surface area contributed by atoms with E-state index in [0.717, 1.165) is 30.9 Å². The molecule has 0 amide bonds. The summed E-state index contributed by atoms with van der Waals surface area (Å²) in [5.74, 6) is 0.812. The molecule has 144 valence electrons. The number of nitrogens with zero attached hydrogens (tertiary/aromatic N) is 1. The monoisotopic (exact) mass is 481 g/mol. The van der Waals surface area contributed by atoms with Gasteiger partial charge in [-0.05, 0) is 37.5 Å². The van der Waals surface area contributed by atoms with Crippen molar-refractivity contribution in [1.29, 1.82) is 0 Å². The summed E-state index contributed by atoms with van der Waals surface area (Å²) >= 11 is 0. The van der Waals surface area contributed by atoms with Crippen LogP contribution in [0.25, 0.3) is 0 Å². The first-order chi connectivity index (χ1) is 11.4. The summed E-state index contributed by atoms with van der Waals surface area (Å²) in [5, 5.41) is 6.71. The zero-order chi connectivity index (χ0) is 18.0. The van der Waals surface area contributed by atoms with E-state index in [9.17, 15) is 8.42 Å². The third-order valence-corrected chi connectivity index (χ3v) is 5.03. The number of benzene rings is 1. The first-order valence-corrected chi connectivity index (χ1v) is 10.5. The number of hydrogen-bond acceptors (Lipinski definition) is 3. The molecule has 0 fully saturated rings. The molecular weight excluding hydrogens is 449 g/mol.